The van der Waals surface area contributed by atoms with Gasteiger partial charge in [0.1, 0.15) is 11.6 Å². The van der Waals surface area contributed by atoms with Gasteiger partial charge in [-0.2, -0.15) is 9.78 Å². The number of aryl methyl sites for hydroxylation is 1. The second-order valence-electron chi connectivity index (χ2n) is 7.94. The topological polar surface area (TPSA) is 73.5 Å². The molecule has 0 saturated heterocycles. The summed E-state index contributed by atoms with van der Waals surface area (Å²) >= 11 is 3.44. The van der Waals surface area contributed by atoms with Crippen LogP contribution in [0.5, 0.6) is 5.75 Å². The lowest BCUT2D eigenvalue weighted by Crippen LogP contribution is -2.23. The van der Waals surface area contributed by atoms with E-state index in [4.69, 9.17) is 4.74 Å². The van der Waals surface area contributed by atoms with Crippen LogP contribution in [0.15, 0.2) is 81.1 Å². The maximum atomic E-state index is 13.1. The molecule has 1 aromatic heterocycles. The molecule has 1 heterocycles. The van der Waals surface area contributed by atoms with Crippen LogP contribution in [0.3, 0.4) is 0 Å². The molecule has 0 spiro atoms. The SMILES string of the molecule is Cc1cccc(C(=O)Oc2ccc(Br)cc2C=Nn2c(C(C)C)nc3ccccc3c2=O)c1. The largest absolute Gasteiger partial charge is 0.422 e. The molecule has 0 unspecified atom stereocenters. The Morgan fingerprint density at radius 1 is 1.09 bits per heavy atom. The third-order valence-corrected chi connectivity index (χ3v) is 5.53. The van der Waals surface area contributed by atoms with Crippen molar-refractivity contribution in [3.8, 4) is 5.75 Å². The van der Waals surface area contributed by atoms with E-state index in [1.54, 1.807) is 42.5 Å². The second-order valence-corrected chi connectivity index (χ2v) is 8.86. The Morgan fingerprint density at radius 3 is 2.64 bits per heavy atom. The minimum absolute atomic E-state index is 0.0272. The van der Waals surface area contributed by atoms with Crippen LogP contribution in [0.4, 0.5) is 0 Å². The van der Waals surface area contributed by atoms with E-state index in [1.807, 2.05) is 45.0 Å². The molecule has 0 amide bonds. The predicted octanol–water partition coefficient (Wildman–Crippen LogP) is 5.69. The zero-order chi connectivity index (χ0) is 23.5. The van der Waals surface area contributed by atoms with Crippen LogP contribution in [0.25, 0.3) is 10.9 Å². The Morgan fingerprint density at radius 2 is 1.88 bits per heavy atom. The zero-order valence-corrected chi connectivity index (χ0v) is 20.0. The highest BCUT2D eigenvalue weighted by Gasteiger charge is 2.15. The summed E-state index contributed by atoms with van der Waals surface area (Å²) in [4.78, 5) is 30.5. The average molecular weight is 504 g/mol. The van der Waals surface area contributed by atoms with Crippen LogP contribution in [0, 0.1) is 6.92 Å². The molecule has 7 heteroatoms. The number of halogens is 1. The highest BCUT2D eigenvalue weighted by molar-refractivity contribution is 9.10. The number of ether oxygens (including phenoxy) is 1. The molecule has 0 N–H and O–H groups in total. The molecule has 0 aliphatic rings. The highest BCUT2D eigenvalue weighted by Crippen LogP contribution is 2.23. The zero-order valence-electron chi connectivity index (χ0n) is 18.4. The fourth-order valence-electron chi connectivity index (χ4n) is 3.39. The summed E-state index contributed by atoms with van der Waals surface area (Å²) in [6.45, 7) is 5.82. The number of carbonyl (C=O) groups excluding carboxylic acids is 1. The Kier molecular flexibility index (Phi) is 6.51. The van der Waals surface area contributed by atoms with E-state index in [9.17, 15) is 9.59 Å². The molecule has 4 aromatic rings. The van der Waals surface area contributed by atoms with Gasteiger partial charge in [-0.25, -0.2) is 9.78 Å². The quantitative estimate of drug-likeness (QED) is 0.199. The van der Waals surface area contributed by atoms with Gasteiger partial charge in [-0.15, -0.1) is 0 Å². The monoisotopic (exact) mass is 503 g/mol. The van der Waals surface area contributed by atoms with Gasteiger partial charge < -0.3 is 4.74 Å². The van der Waals surface area contributed by atoms with Crippen molar-refractivity contribution in [1.29, 1.82) is 0 Å². The summed E-state index contributed by atoms with van der Waals surface area (Å²) in [5.74, 6) is 0.383. The molecule has 33 heavy (non-hydrogen) atoms. The van der Waals surface area contributed by atoms with Gasteiger partial charge in [0.15, 0.2) is 0 Å². The van der Waals surface area contributed by atoms with Gasteiger partial charge in [0, 0.05) is 16.0 Å². The van der Waals surface area contributed by atoms with Crippen molar-refractivity contribution in [3.05, 3.63) is 104 Å². The van der Waals surface area contributed by atoms with Crippen molar-refractivity contribution in [3.63, 3.8) is 0 Å². The number of benzene rings is 3. The average Bonchev–Trinajstić information content (AvgIpc) is 2.79. The Labute approximate surface area is 199 Å². The fourth-order valence-corrected chi connectivity index (χ4v) is 3.77. The number of aromatic nitrogens is 2. The predicted molar refractivity (Wildman–Crippen MR) is 133 cm³/mol. The van der Waals surface area contributed by atoms with Gasteiger partial charge in [0.05, 0.1) is 22.7 Å². The van der Waals surface area contributed by atoms with Crippen molar-refractivity contribution in [1.82, 2.24) is 9.66 Å². The number of rotatable bonds is 5. The smallest absolute Gasteiger partial charge is 0.343 e. The van der Waals surface area contributed by atoms with Crippen molar-refractivity contribution in [2.45, 2.75) is 26.7 Å². The molecule has 0 radical (unpaired) electrons. The van der Waals surface area contributed by atoms with Gasteiger partial charge in [-0.3, -0.25) is 4.79 Å². The standard InChI is InChI=1S/C26H22BrN3O3/c1-16(2)24-29-22-10-5-4-9-21(22)25(31)30(24)28-15-19-14-20(27)11-12-23(19)33-26(32)18-8-6-7-17(3)13-18/h4-16H,1-3H3. The number of carbonyl (C=O) groups is 1. The first-order chi connectivity index (χ1) is 15.8. The first kappa shape index (κ1) is 22.6. The van der Waals surface area contributed by atoms with Crippen molar-refractivity contribution < 1.29 is 9.53 Å². The summed E-state index contributed by atoms with van der Waals surface area (Å²) in [6.07, 6.45) is 1.51. The molecule has 0 saturated carbocycles. The molecule has 0 fully saturated rings. The van der Waals surface area contributed by atoms with Crippen LogP contribution in [-0.2, 0) is 0 Å². The number of esters is 1. The lowest BCUT2D eigenvalue weighted by atomic mass is 10.1. The number of hydrogen-bond acceptors (Lipinski definition) is 5. The normalized spacial score (nSPS) is 11.4. The van der Waals surface area contributed by atoms with Gasteiger partial charge in [0.2, 0.25) is 0 Å². The molecule has 0 bridgehead atoms. The molecule has 3 aromatic carbocycles. The van der Waals surface area contributed by atoms with Crippen molar-refractivity contribution in [2.75, 3.05) is 0 Å². The first-order valence-corrected chi connectivity index (χ1v) is 11.3. The number of nitrogens with zero attached hydrogens (tertiary/aromatic N) is 3. The molecule has 6 nitrogen and oxygen atoms in total. The summed E-state index contributed by atoms with van der Waals surface area (Å²) in [7, 11) is 0. The Balaban J connectivity index is 1.75. The molecule has 166 valence electrons. The number of fused-ring (bicyclic) bond motifs is 1. The van der Waals surface area contributed by atoms with Gasteiger partial charge in [0.25, 0.3) is 5.56 Å². The lowest BCUT2D eigenvalue weighted by Gasteiger charge is -2.12. The van der Waals surface area contributed by atoms with Crippen molar-refractivity contribution >= 4 is 39.0 Å². The van der Waals surface area contributed by atoms with E-state index in [0.717, 1.165) is 10.0 Å². The number of hydrogen-bond donors (Lipinski definition) is 0. The molecular formula is C26H22BrN3O3. The maximum Gasteiger partial charge on any atom is 0.343 e. The minimum Gasteiger partial charge on any atom is -0.422 e. The Hall–Kier alpha value is -3.58. The molecule has 0 aliphatic heterocycles. The Bertz CT molecular complexity index is 1440. The number of para-hydroxylation sites is 1. The van der Waals surface area contributed by atoms with Crippen molar-refractivity contribution in [2.24, 2.45) is 5.10 Å². The van der Waals surface area contributed by atoms with E-state index >= 15 is 0 Å². The van der Waals surface area contributed by atoms with Gasteiger partial charge in [-0.1, -0.05) is 59.6 Å². The van der Waals surface area contributed by atoms with E-state index in [-0.39, 0.29) is 11.5 Å². The van der Waals surface area contributed by atoms with Gasteiger partial charge >= 0.3 is 5.97 Å². The van der Waals surface area contributed by atoms with E-state index in [1.165, 1.54) is 10.9 Å². The van der Waals surface area contributed by atoms with Crippen LogP contribution in [0.2, 0.25) is 0 Å². The molecule has 0 atom stereocenters. The van der Waals surface area contributed by atoms with Crippen LogP contribution in [0.1, 0.15) is 47.1 Å². The maximum absolute atomic E-state index is 13.1. The molecule has 0 aliphatic carbocycles. The van der Waals surface area contributed by atoms with E-state index in [2.05, 4.69) is 26.0 Å². The third kappa shape index (κ3) is 4.93. The summed E-state index contributed by atoms with van der Waals surface area (Å²) in [5.41, 5.74) is 2.34. The second kappa shape index (κ2) is 9.50. The summed E-state index contributed by atoms with van der Waals surface area (Å²) in [5, 5.41) is 4.93. The van der Waals surface area contributed by atoms with E-state index in [0.29, 0.717) is 33.6 Å². The van der Waals surface area contributed by atoms with Crippen LogP contribution >= 0.6 is 15.9 Å². The summed E-state index contributed by atoms with van der Waals surface area (Å²) < 4.78 is 7.74. The lowest BCUT2D eigenvalue weighted by molar-refractivity contribution is 0.0734. The highest BCUT2D eigenvalue weighted by atomic mass is 79.9. The van der Waals surface area contributed by atoms with Crippen LogP contribution < -0.4 is 10.3 Å². The molecular weight excluding hydrogens is 482 g/mol. The fraction of sp³-hybridized carbons (Fsp3) is 0.154. The van der Waals surface area contributed by atoms with Crippen LogP contribution in [-0.4, -0.2) is 21.8 Å². The first-order valence-electron chi connectivity index (χ1n) is 10.5. The summed E-state index contributed by atoms with van der Waals surface area (Å²) in [6, 6.07) is 19.6. The minimum atomic E-state index is -0.469. The van der Waals surface area contributed by atoms with E-state index < -0.39 is 5.97 Å². The van der Waals surface area contributed by atoms with Gasteiger partial charge in [-0.05, 0) is 49.4 Å². The third-order valence-electron chi connectivity index (χ3n) is 5.04. The molecule has 4 rings (SSSR count).